The van der Waals surface area contributed by atoms with E-state index in [0.717, 1.165) is 24.6 Å². The van der Waals surface area contributed by atoms with Crippen molar-refractivity contribution in [3.05, 3.63) is 36.0 Å². The quantitative estimate of drug-likeness (QED) is 0.471. The maximum Gasteiger partial charge on any atom is 0.0214 e. The maximum atomic E-state index is 3.75. The van der Waals surface area contributed by atoms with Gasteiger partial charge in [-0.25, -0.2) is 0 Å². The van der Waals surface area contributed by atoms with E-state index in [9.17, 15) is 0 Å². The molecule has 0 aliphatic carbocycles. The summed E-state index contributed by atoms with van der Waals surface area (Å²) < 4.78 is 0. The van der Waals surface area contributed by atoms with Gasteiger partial charge in [-0.05, 0) is 33.1 Å². The second-order valence-electron chi connectivity index (χ2n) is 3.33. The first-order valence-electron chi connectivity index (χ1n) is 4.68. The fraction of sp³-hybridized carbons (Fsp3) is 0.500. The van der Waals surface area contributed by atoms with Crippen LogP contribution in [0.1, 0.15) is 33.1 Å². The van der Waals surface area contributed by atoms with Crippen LogP contribution in [0.4, 0.5) is 0 Å². The molecule has 0 spiro atoms. The van der Waals surface area contributed by atoms with Crippen LogP contribution < -0.4 is 0 Å². The summed E-state index contributed by atoms with van der Waals surface area (Å²) in [5, 5.41) is 0.949. The fourth-order valence-electron chi connectivity index (χ4n) is 1.13. The molecule has 0 nitrogen and oxygen atoms in total. The van der Waals surface area contributed by atoms with E-state index in [1.807, 2.05) is 6.08 Å². The monoisotopic (exact) mass is 242 g/mol. The van der Waals surface area contributed by atoms with E-state index < -0.39 is 0 Å². The molecule has 0 aromatic rings. The van der Waals surface area contributed by atoms with Gasteiger partial charge in [0, 0.05) is 5.33 Å². The molecule has 0 rings (SSSR count). The Morgan fingerprint density at radius 2 is 2.00 bits per heavy atom. The van der Waals surface area contributed by atoms with Crippen LogP contribution in [0, 0.1) is 0 Å². The smallest absolute Gasteiger partial charge is 0.0214 e. The van der Waals surface area contributed by atoms with Crippen LogP contribution in [0.25, 0.3) is 0 Å². The number of hydrogen-bond acceptors (Lipinski definition) is 0. The highest BCUT2D eigenvalue weighted by Gasteiger charge is 1.92. The summed E-state index contributed by atoms with van der Waals surface area (Å²) in [6, 6.07) is 0. The molecule has 0 N–H and O–H groups in total. The van der Waals surface area contributed by atoms with Gasteiger partial charge in [0.15, 0.2) is 0 Å². The molecule has 0 aromatic carbocycles. The average molecular weight is 243 g/mol. The molecule has 0 saturated heterocycles. The highest BCUT2D eigenvalue weighted by molar-refractivity contribution is 9.09. The molecule has 13 heavy (non-hydrogen) atoms. The van der Waals surface area contributed by atoms with Crippen molar-refractivity contribution in [3.8, 4) is 0 Å². The third kappa shape index (κ3) is 8.04. The Kier molecular flexibility index (Phi) is 8.11. The van der Waals surface area contributed by atoms with Crippen molar-refractivity contribution in [1.29, 1.82) is 0 Å². The van der Waals surface area contributed by atoms with Crippen molar-refractivity contribution in [2.24, 2.45) is 0 Å². The van der Waals surface area contributed by atoms with Crippen molar-refractivity contribution in [3.63, 3.8) is 0 Å². The van der Waals surface area contributed by atoms with E-state index >= 15 is 0 Å². The Labute approximate surface area is 90.6 Å². The second-order valence-corrected chi connectivity index (χ2v) is 3.98. The molecule has 0 aliphatic rings. The first-order chi connectivity index (χ1) is 6.20. The molecule has 0 atom stereocenters. The van der Waals surface area contributed by atoms with Gasteiger partial charge in [0.2, 0.25) is 0 Å². The van der Waals surface area contributed by atoms with Crippen molar-refractivity contribution in [2.75, 3.05) is 5.33 Å². The summed E-state index contributed by atoms with van der Waals surface area (Å²) in [5.41, 5.74) is 2.88. The number of rotatable bonds is 6. The zero-order valence-corrected chi connectivity index (χ0v) is 10.2. The largest absolute Gasteiger partial charge is 0.103 e. The van der Waals surface area contributed by atoms with Crippen molar-refractivity contribution < 1.29 is 0 Å². The molecule has 1 heteroatoms. The minimum absolute atomic E-state index is 0.949. The minimum Gasteiger partial charge on any atom is -0.103 e. The molecule has 0 aliphatic heterocycles. The van der Waals surface area contributed by atoms with Gasteiger partial charge in [-0.2, -0.15) is 0 Å². The molecule has 0 radical (unpaired) electrons. The normalized spacial score (nSPS) is 11.2. The van der Waals surface area contributed by atoms with Crippen LogP contribution in [0.5, 0.6) is 0 Å². The van der Waals surface area contributed by atoms with Gasteiger partial charge in [-0.15, -0.1) is 6.58 Å². The molecule has 0 aromatic heterocycles. The Morgan fingerprint density at radius 3 is 2.46 bits per heavy atom. The summed E-state index contributed by atoms with van der Waals surface area (Å²) in [5.74, 6) is 0. The standard InChI is InChI=1S/C12H19Br/c1-4-6-12(9-10-13)8-5-7-11(2)3/h4,7,9H,1,5-6,8,10H2,2-3H3/b12-9+. The molecule has 0 saturated carbocycles. The van der Waals surface area contributed by atoms with E-state index in [1.54, 1.807) is 0 Å². The Morgan fingerprint density at radius 1 is 1.31 bits per heavy atom. The Bertz CT molecular complexity index is 195. The maximum absolute atomic E-state index is 3.75. The van der Waals surface area contributed by atoms with Gasteiger partial charge in [-0.3, -0.25) is 0 Å². The number of allylic oxidation sites excluding steroid dienone is 5. The molecule has 74 valence electrons. The molecular weight excluding hydrogens is 224 g/mol. The molecule has 0 heterocycles. The summed E-state index contributed by atoms with van der Waals surface area (Å²) in [7, 11) is 0. The van der Waals surface area contributed by atoms with Crippen LogP contribution in [-0.2, 0) is 0 Å². The van der Waals surface area contributed by atoms with Gasteiger partial charge in [-0.1, -0.05) is 45.3 Å². The van der Waals surface area contributed by atoms with E-state index in [2.05, 4.69) is 48.5 Å². The van der Waals surface area contributed by atoms with Crippen LogP contribution in [0.15, 0.2) is 36.0 Å². The lowest BCUT2D eigenvalue weighted by atomic mass is 10.1. The van der Waals surface area contributed by atoms with E-state index in [1.165, 1.54) is 11.1 Å². The fourth-order valence-corrected chi connectivity index (χ4v) is 1.59. The van der Waals surface area contributed by atoms with Gasteiger partial charge in [0.25, 0.3) is 0 Å². The summed E-state index contributed by atoms with van der Waals surface area (Å²) in [4.78, 5) is 0. The Balaban J connectivity index is 3.89. The average Bonchev–Trinajstić information content (AvgIpc) is 2.04. The SMILES string of the molecule is C=CC/C(=C\CBr)CCC=C(C)C. The number of hydrogen-bond donors (Lipinski definition) is 0. The summed E-state index contributed by atoms with van der Waals surface area (Å²) in [6.07, 6.45) is 9.81. The molecule has 0 unspecified atom stereocenters. The summed E-state index contributed by atoms with van der Waals surface area (Å²) >= 11 is 3.41. The number of halogens is 1. The van der Waals surface area contributed by atoms with Crippen molar-refractivity contribution >= 4 is 15.9 Å². The lowest BCUT2D eigenvalue weighted by Gasteiger charge is -2.01. The highest BCUT2D eigenvalue weighted by atomic mass is 79.9. The lowest BCUT2D eigenvalue weighted by molar-refractivity contribution is 0.930. The third-order valence-electron chi connectivity index (χ3n) is 1.79. The first kappa shape index (κ1) is 12.7. The number of alkyl halides is 1. The van der Waals surface area contributed by atoms with E-state index in [-0.39, 0.29) is 0 Å². The molecular formula is C12H19Br. The third-order valence-corrected chi connectivity index (χ3v) is 2.11. The van der Waals surface area contributed by atoms with Crippen molar-refractivity contribution in [1.82, 2.24) is 0 Å². The zero-order chi connectivity index (χ0) is 10.1. The highest BCUT2D eigenvalue weighted by Crippen LogP contribution is 2.12. The molecule has 0 bridgehead atoms. The Hall–Kier alpha value is -0.300. The zero-order valence-electron chi connectivity index (χ0n) is 8.65. The lowest BCUT2D eigenvalue weighted by Crippen LogP contribution is -1.82. The van der Waals surface area contributed by atoms with Crippen LogP contribution in [0.2, 0.25) is 0 Å². The second kappa shape index (κ2) is 8.31. The van der Waals surface area contributed by atoms with E-state index in [4.69, 9.17) is 0 Å². The van der Waals surface area contributed by atoms with E-state index in [0.29, 0.717) is 0 Å². The van der Waals surface area contributed by atoms with Gasteiger partial charge in [0.1, 0.15) is 0 Å². The first-order valence-corrected chi connectivity index (χ1v) is 5.81. The van der Waals surface area contributed by atoms with Crippen LogP contribution in [0.3, 0.4) is 0 Å². The topological polar surface area (TPSA) is 0 Å². The predicted octanol–water partition coefficient (Wildman–Crippen LogP) is 4.63. The van der Waals surface area contributed by atoms with Crippen molar-refractivity contribution in [2.45, 2.75) is 33.1 Å². The molecule has 0 fully saturated rings. The molecule has 0 amide bonds. The van der Waals surface area contributed by atoms with Gasteiger partial charge >= 0.3 is 0 Å². The predicted molar refractivity (Wildman–Crippen MR) is 65.4 cm³/mol. The van der Waals surface area contributed by atoms with Gasteiger partial charge < -0.3 is 0 Å². The van der Waals surface area contributed by atoms with Crippen LogP contribution in [-0.4, -0.2) is 5.33 Å². The van der Waals surface area contributed by atoms with Crippen LogP contribution >= 0.6 is 15.9 Å². The minimum atomic E-state index is 0.949. The van der Waals surface area contributed by atoms with Gasteiger partial charge in [0.05, 0.1) is 0 Å². The summed E-state index contributed by atoms with van der Waals surface area (Å²) in [6.45, 7) is 8.03.